The van der Waals surface area contributed by atoms with Crippen molar-refractivity contribution in [2.45, 2.75) is 32.6 Å². The van der Waals surface area contributed by atoms with Crippen LogP contribution in [0.3, 0.4) is 0 Å². The average molecular weight is 260 g/mol. The second-order valence-corrected chi connectivity index (χ2v) is 4.96. The van der Waals surface area contributed by atoms with Crippen molar-refractivity contribution < 1.29 is 4.79 Å². The van der Waals surface area contributed by atoms with E-state index in [1.807, 2.05) is 30.3 Å². The number of rotatable bonds is 6. The standard InChI is InChI=1S/C14H16N2OS/c1-2-6-12-14(18-16-15-12)13(17)10-9-11-7-4-3-5-8-11/h3-5,7-8H,2,6,9-10H2,1H3. The summed E-state index contributed by atoms with van der Waals surface area (Å²) in [5, 5.41) is 4.03. The summed E-state index contributed by atoms with van der Waals surface area (Å²) in [5.74, 6) is 0.164. The van der Waals surface area contributed by atoms with Crippen molar-refractivity contribution >= 4 is 17.3 Å². The van der Waals surface area contributed by atoms with Gasteiger partial charge in [-0.25, -0.2) is 0 Å². The molecular weight excluding hydrogens is 244 g/mol. The van der Waals surface area contributed by atoms with Crippen LogP contribution in [0, 0.1) is 0 Å². The summed E-state index contributed by atoms with van der Waals surface area (Å²) in [6.07, 6.45) is 3.14. The van der Waals surface area contributed by atoms with Crippen LogP contribution in [0.2, 0.25) is 0 Å². The summed E-state index contributed by atoms with van der Waals surface area (Å²) >= 11 is 1.22. The third-order valence-corrected chi connectivity index (χ3v) is 3.59. The Kier molecular flexibility index (Phi) is 4.59. The predicted molar refractivity (Wildman–Crippen MR) is 73.0 cm³/mol. The maximum Gasteiger partial charge on any atom is 0.176 e. The van der Waals surface area contributed by atoms with Crippen LogP contribution in [0.1, 0.15) is 40.7 Å². The molecule has 0 spiro atoms. The number of aromatic nitrogens is 2. The molecule has 0 aliphatic carbocycles. The molecule has 1 aromatic heterocycles. The Morgan fingerprint density at radius 2 is 2.00 bits per heavy atom. The van der Waals surface area contributed by atoms with E-state index in [4.69, 9.17) is 0 Å². The summed E-state index contributed by atoms with van der Waals surface area (Å²) in [5.41, 5.74) is 2.06. The number of carbonyl (C=O) groups is 1. The van der Waals surface area contributed by atoms with Gasteiger partial charge in [-0.15, -0.1) is 5.10 Å². The van der Waals surface area contributed by atoms with Crippen LogP contribution >= 0.6 is 11.5 Å². The van der Waals surface area contributed by atoms with Crippen LogP contribution in [-0.4, -0.2) is 15.4 Å². The van der Waals surface area contributed by atoms with Crippen molar-refractivity contribution in [3.63, 3.8) is 0 Å². The van der Waals surface area contributed by atoms with Crippen LogP contribution in [0.5, 0.6) is 0 Å². The minimum atomic E-state index is 0.164. The summed E-state index contributed by atoms with van der Waals surface area (Å²) in [4.78, 5) is 12.8. The maximum atomic E-state index is 12.1. The van der Waals surface area contributed by atoms with E-state index in [0.29, 0.717) is 6.42 Å². The first-order valence-corrected chi connectivity index (χ1v) is 6.97. The molecule has 0 fully saturated rings. The van der Waals surface area contributed by atoms with Gasteiger partial charge in [-0.1, -0.05) is 48.2 Å². The Hall–Kier alpha value is -1.55. The number of Topliss-reactive ketones (excluding diaryl/α,β-unsaturated/α-hetero) is 1. The molecule has 18 heavy (non-hydrogen) atoms. The molecule has 0 aliphatic heterocycles. The minimum absolute atomic E-state index is 0.164. The van der Waals surface area contributed by atoms with Gasteiger partial charge in [-0.2, -0.15) is 0 Å². The molecule has 0 saturated carbocycles. The molecule has 0 atom stereocenters. The fourth-order valence-corrected chi connectivity index (χ4v) is 2.51. The average Bonchev–Trinajstić information content (AvgIpc) is 2.86. The summed E-state index contributed by atoms with van der Waals surface area (Å²) < 4.78 is 3.89. The third-order valence-electron chi connectivity index (χ3n) is 2.78. The Balaban J connectivity index is 1.97. The van der Waals surface area contributed by atoms with E-state index in [1.54, 1.807) is 0 Å². The number of nitrogens with zero attached hydrogens (tertiary/aromatic N) is 2. The Labute approximate surface area is 111 Å². The van der Waals surface area contributed by atoms with Crippen LogP contribution in [0.15, 0.2) is 30.3 Å². The zero-order valence-corrected chi connectivity index (χ0v) is 11.2. The molecular formula is C14H16N2OS. The van der Waals surface area contributed by atoms with Crippen molar-refractivity contribution in [2.75, 3.05) is 0 Å². The Morgan fingerprint density at radius 1 is 1.22 bits per heavy atom. The SMILES string of the molecule is CCCc1nnsc1C(=O)CCc1ccccc1. The molecule has 0 N–H and O–H groups in total. The third kappa shape index (κ3) is 3.23. The number of carbonyl (C=O) groups excluding carboxylic acids is 1. The largest absolute Gasteiger partial charge is 0.293 e. The van der Waals surface area contributed by atoms with Gasteiger partial charge in [0, 0.05) is 6.42 Å². The summed E-state index contributed by atoms with van der Waals surface area (Å²) in [6.45, 7) is 2.08. The van der Waals surface area contributed by atoms with Gasteiger partial charge in [-0.3, -0.25) is 4.79 Å². The Morgan fingerprint density at radius 3 is 2.72 bits per heavy atom. The fourth-order valence-electron chi connectivity index (χ4n) is 1.84. The number of aryl methyl sites for hydroxylation is 2. The van der Waals surface area contributed by atoms with Crippen molar-refractivity contribution in [2.24, 2.45) is 0 Å². The van der Waals surface area contributed by atoms with Crippen LogP contribution < -0.4 is 0 Å². The quantitative estimate of drug-likeness (QED) is 0.748. The van der Waals surface area contributed by atoms with E-state index in [9.17, 15) is 4.79 Å². The molecule has 2 aromatic rings. The van der Waals surface area contributed by atoms with E-state index in [1.165, 1.54) is 17.1 Å². The lowest BCUT2D eigenvalue weighted by molar-refractivity contribution is 0.0985. The van der Waals surface area contributed by atoms with E-state index >= 15 is 0 Å². The highest BCUT2D eigenvalue weighted by Crippen LogP contribution is 2.16. The van der Waals surface area contributed by atoms with Gasteiger partial charge in [0.15, 0.2) is 5.78 Å². The Bertz CT molecular complexity index is 508. The van der Waals surface area contributed by atoms with Crippen LogP contribution in [-0.2, 0) is 12.8 Å². The maximum absolute atomic E-state index is 12.1. The minimum Gasteiger partial charge on any atom is -0.293 e. The lowest BCUT2D eigenvalue weighted by atomic mass is 10.1. The summed E-state index contributed by atoms with van der Waals surface area (Å²) in [6, 6.07) is 10.1. The first kappa shape index (κ1) is 12.9. The molecule has 0 radical (unpaired) electrons. The second-order valence-electron chi connectivity index (χ2n) is 4.21. The highest BCUT2D eigenvalue weighted by atomic mass is 32.1. The topological polar surface area (TPSA) is 42.9 Å². The molecule has 0 saturated heterocycles. The molecule has 0 amide bonds. The van der Waals surface area contributed by atoms with Crippen molar-refractivity contribution in [3.8, 4) is 0 Å². The highest BCUT2D eigenvalue weighted by Gasteiger charge is 2.15. The van der Waals surface area contributed by atoms with Gasteiger partial charge >= 0.3 is 0 Å². The van der Waals surface area contributed by atoms with Gasteiger partial charge in [-0.05, 0) is 29.9 Å². The molecule has 3 nitrogen and oxygen atoms in total. The molecule has 4 heteroatoms. The second kappa shape index (κ2) is 6.40. The number of ketones is 1. The van der Waals surface area contributed by atoms with Gasteiger partial charge < -0.3 is 0 Å². The molecule has 1 heterocycles. The van der Waals surface area contributed by atoms with Gasteiger partial charge in [0.2, 0.25) is 0 Å². The lowest BCUT2D eigenvalue weighted by Gasteiger charge is -2.00. The van der Waals surface area contributed by atoms with Gasteiger partial charge in [0.05, 0.1) is 5.69 Å². The number of hydrogen-bond acceptors (Lipinski definition) is 4. The zero-order chi connectivity index (χ0) is 12.8. The molecule has 0 unspecified atom stereocenters. The molecule has 2 rings (SSSR count). The van der Waals surface area contributed by atoms with E-state index in [2.05, 4.69) is 16.5 Å². The highest BCUT2D eigenvalue weighted by molar-refractivity contribution is 7.08. The van der Waals surface area contributed by atoms with E-state index in [-0.39, 0.29) is 5.78 Å². The van der Waals surface area contributed by atoms with Crippen molar-refractivity contribution in [3.05, 3.63) is 46.5 Å². The monoisotopic (exact) mass is 260 g/mol. The molecule has 1 aromatic carbocycles. The lowest BCUT2D eigenvalue weighted by Crippen LogP contribution is -2.02. The van der Waals surface area contributed by atoms with Crippen molar-refractivity contribution in [1.82, 2.24) is 9.59 Å². The molecule has 94 valence electrons. The molecule has 0 bridgehead atoms. The predicted octanol–water partition coefficient (Wildman–Crippen LogP) is 3.31. The van der Waals surface area contributed by atoms with Crippen LogP contribution in [0.25, 0.3) is 0 Å². The van der Waals surface area contributed by atoms with Crippen molar-refractivity contribution in [1.29, 1.82) is 0 Å². The van der Waals surface area contributed by atoms with E-state index < -0.39 is 0 Å². The first-order chi connectivity index (χ1) is 8.81. The van der Waals surface area contributed by atoms with Gasteiger partial charge in [0.25, 0.3) is 0 Å². The number of benzene rings is 1. The normalized spacial score (nSPS) is 10.5. The smallest absolute Gasteiger partial charge is 0.176 e. The van der Waals surface area contributed by atoms with E-state index in [0.717, 1.165) is 29.8 Å². The van der Waals surface area contributed by atoms with Gasteiger partial charge in [0.1, 0.15) is 4.88 Å². The first-order valence-electron chi connectivity index (χ1n) is 6.19. The zero-order valence-electron chi connectivity index (χ0n) is 10.4. The van der Waals surface area contributed by atoms with Crippen LogP contribution in [0.4, 0.5) is 0 Å². The molecule has 0 aliphatic rings. The summed E-state index contributed by atoms with van der Waals surface area (Å²) in [7, 11) is 0. The fraction of sp³-hybridized carbons (Fsp3) is 0.357. The number of hydrogen-bond donors (Lipinski definition) is 0.